The SMILES string of the molecule is CCOC(=O)c1c(NC(=O)c2cc3nc(C4CC4)cc(C(F)(F)F)n3n2)sc(C(C)=O)c1C. The number of rotatable bonds is 6. The molecule has 1 aliphatic rings. The zero-order chi connectivity index (χ0) is 24.1. The number of esters is 1. The molecule has 0 radical (unpaired) electrons. The number of anilines is 1. The molecular formula is C21H19F3N4O4S. The number of carbonyl (C=O) groups excluding carboxylic acids is 3. The van der Waals surface area contributed by atoms with Crippen molar-refractivity contribution in [3.8, 4) is 0 Å². The molecule has 0 saturated heterocycles. The largest absolute Gasteiger partial charge is 0.462 e. The second-order valence-electron chi connectivity index (χ2n) is 7.63. The quantitative estimate of drug-likeness (QED) is 0.408. The zero-order valence-corrected chi connectivity index (χ0v) is 18.7. The van der Waals surface area contributed by atoms with Crippen molar-refractivity contribution < 1.29 is 32.3 Å². The number of ether oxygens (including phenoxy) is 1. The zero-order valence-electron chi connectivity index (χ0n) is 17.9. The average Bonchev–Trinajstić information content (AvgIpc) is 3.39. The second kappa shape index (κ2) is 8.25. The monoisotopic (exact) mass is 480 g/mol. The third-order valence-electron chi connectivity index (χ3n) is 5.14. The normalized spacial score (nSPS) is 13.9. The summed E-state index contributed by atoms with van der Waals surface area (Å²) < 4.78 is 46.4. The first-order valence-corrected chi connectivity index (χ1v) is 10.9. The van der Waals surface area contributed by atoms with E-state index in [0.717, 1.165) is 36.3 Å². The van der Waals surface area contributed by atoms with Crippen LogP contribution in [-0.2, 0) is 10.9 Å². The molecule has 8 nitrogen and oxygen atoms in total. The van der Waals surface area contributed by atoms with Crippen LogP contribution < -0.4 is 5.32 Å². The van der Waals surface area contributed by atoms with E-state index in [-0.39, 0.29) is 45.1 Å². The lowest BCUT2D eigenvalue weighted by Gasteiger charge is -2.10. The Morgan fingerprint density at radius 1 is 1.27 bits per heavy atom. The smallest absolute Gasteiger partial charge is 0.433 e. The fraction of sp³-hybridized carbons (Fsp3) is 0.381. The van der Waals surface area contributed by atoms with E-state index in [1.165, 1.54) is 6.92 Å². The standard InChI is InChI=1S/C21H19F3N4O4S/c1-4-32-20(31)16-9(2)17(10(3)29)33-19(16)26-18(30)13-8-15-25-12(11-5-6-11)7-14(21(22,23)24)28(15)27-13/h7-8,11H,4-6H2,1-3H3,(H,26,30). The Kier molecular flexibility index (Phi) is 5.72. The number of nitrogens with zero attached hydrogens (tertiary/aromatic N) is 3. The maximum atomic E-state index is 13.6. The number of ketones is 1. The Morgan fingerprint density at radius 2 is 1.97 bits per heavy atom. The first-order chi connectivity index (χ1) is 15.5. The Morgan fingerprint density at radius 3 is 2.55 bits per heavy atom. The van der Waals surface area contributed by atoms with E-state index in [1.54, 1.807) is 13.8 Å². The topological polar surface area (TPSA) is 103 Å². The van der Waals surface area contributed by atoms with Crippen LogP contribution in [0.25, 0.3) is 5.65 Å². The number of carbonyl (C=O) groups is 3. The fourth-order valence-electron chi connectivity index (χ4n) is 3.45. The molecule has 3 aromatic heterocycles. The third-order valence-corrected chi connectivity index (χ3v) is 6.45. The maximum Gasteiger partial charge on any atom is 0.433 e. The number of aromatic nitrogens is 3. The number of hydrogen-bond acceptors (Lipinski definition) is 7. The van der Waals surface area contributed by atoms with E-state index in [4.69, 9.17) is 4.74 Å². The molecule has 4 rings (SSSR count). The molecule has 0 spiro atoms. The van der Waals surface area contributed by atoms with Gasteiger partial charge in [-0.3, -0.25) is 9.59 Å². The molecule has 0 aromatic carbocycles. The van der Waals surface area contributed by atoms with Crippen LogP contribution in [0.4, 0.5) is 18.2 Å². The van der Waals surface area contributed by atoms with Gasteiger partial charge in [-0.15, -0.1) is 11.3 Å². The molecule has 3 aromatic rings. The number of halogens is 3. The molecule has 1 fully saturated rings. The van der Waals surface area contributed by atoms with E-state index in [2.05, 4.69) is 15.4 Å². The van der Waals surface area contributed by atoms with Crippen molar-refractivity contribution in [3.63, 3.8) is 0 Å². The van der Waals surface area contributed by atoms with Crippen LogP contribution in [0.15, 0.2) is 12.1 Å². The molecular weight excluding hydrogens is 461 g/mol. The van der Waals surface area contributed by atoms with Crippen molar-refractivity contribution in [2.24, 2.45) is 0 Å². The maximum absolute atomic E-state index is 13.6. The summed E-state index contributed by atoms with van der Waals surface area (Å²) in [7, 11) is 0. The summed E-state index contributed by atoms with van der Waals surface area (Å²) in [6.45, 7) is 4.57. The molecule has 174 valence electrons. The van der Waals surface area contributed by atoms with Crippen molar-refractivity contribution in [2.75, 3.05) is 11.9 Å². The average molecular weight is 480 g/mol. The summed E-state index contributed by atoms with van der Waals surface area (Å²) in [5, 5.41) is 6.36. The van der Waals surface area contributed by atoms with Gasteiger partial charge >= 0.3 is 12.1 Å². The van der Waals surface area contributed by atoms with Crippen molar-refractivity contribution in [2.45, 2.75) is 45.7 Å². The number of alkyl halides is 3. The van der Waals surface area contributed by atoms with E-state index in [1.807, 2.05) is 0 Å². The molecule has 33 heavy (non-hydrogen) atoms. The van der Waals surface area contributed by atoms with E-state index >= 15 is 0 Å². The molecule has 1 saturated carbocycles. The Hall–Kier alpha value is -3.28. The van der Waals surface area contributed by atoms with Gasteiger partial charge in [-0.05, 0) is 45.2 Å². The van der Waals surface area contributed by atoms with Gasteiger partial charge < -0.3 is 10.1 Å². The summed E-state index contributed by atoms with van der Waals surface area (Å²) in [6, 6.07) is 2.12. The van der Waals surface area contributed by atoms with Gasteiger partial charge in [0.2, 0.25) is 0 Å². The Bertz CT molecular complexity index is 1290. The minimum atomic E-state index is -4.69. The highest BCUT2D eigenvalue weighted by Gasteiger charge is 2.37. The number of fused-ring (bicyclic) bond motifs is 1. The highest BCUT2D eigenvalue weighted by Crippen LogP contribution is 2.41. The summed E-state index contributed by atoms with van der Waals surface area (Å²) >= 11 is 0.888. The van der Waals surface area contributed by atoms with Crippen LogP contribution in [0.2, 0.25) is 0 Å². The van der Waals surface area contributed by atoms with Crippen LogP contribution in [0, 0.1) is 6.92 Å². The summed E-state index contributed by atoms with van der Waals surface area (Å²) in [4.78, 5) is 41.7. The van der Waals surface area contributed by atoms with Crippen LogP contribution in [0.1, 0.15) is 80.1 Å². The molecule has 0 atom stereocenters. The lowest BCUT2D eigenvalue weighted by Crippen LogP contribution is -2.17. The number of amides is 1. The number of Topliss-reactive ketones (excluding diaryl/α,β-unsaturated/α-hetero) is 1. The molecule has 1 aliphatic carbocycles. The van der Waals surface area contributed by atoms with Gasteiger partial charge in [0.05, 0.1) is 17.0 Å². The third kappa shape index (κ3) is 4.34. The van der Waals surface area contributed by atoms with E-state index in [9.17, 15) is 27.6 Å². The van der Waals surface area contributed by atoms with Crippen molar-refractivity contribution in [3.05, 3.63) is 45.2 Å². The van der Waals surface area contributed by atoms with E-state index < -0.39 is 23.7 Å². The predicted molar refractivity (Wildman–Crippen MR) is 113 cm³/mol. The van der Waals surface area contributed by atoms with Gasteiger partial charge in [-0.1, -0.05) is 0 Å². The molecule has 1 amide bonds. The summed E-state index contributed by atoms with van der Waals surface area (Å²) in [5.41, 5.74) is -0.751. The highest BCUT2D eigenvalue weighted by atomic mass is 32.1. The first-order valence-electron chi connectivity index (χ1n) is 10.1. The minimum absolute atomic E-state index is 0.0225. The minimum Gasteiger partial charge on any atom is -0.462 e. The van der Waals surface area contributed by atoms with Gasteiger partial charge in [0.1, 0.15) is 10.7 Å². The van der Waals surface area contributed by atoms with Crippen molar-refractivity contribution >= 4 is 39.6 Å². The van der Waals surface area contributed by atoms with Crippen LogP contribution in [-0.4, -0.2) is 38.9 Å². The van der Waals surface area contributed by atoms with Gasteiger partial charge in [0, 0.05) is 17.7 Å². The van der Waals surface area contributed by atoms with Crippen molar-refractivity contribution in [1.82, 2.24) is 14.6 Å². The lowest BCUT2D eigenvalue weighted by atomic mass is 10.1. The summed E-state index contributed by atoms with van der Waals surface area (Å²) in [5.74, 6) is -1.90. The number of hydrogen-bond donors (Lipinski definition) is 1. The fourth-order valence-corrected chi connectivity index (χ4v) is 4.53. The first kappa shape index (κ1) is 22.9. The number of nitrogens with one attached hydrogen (secondary N) is 1. The molecule has 1 N–H and O–H groups in total. The molecule has 12 heteroatoms. The number of thiophene rings is 1. The molecule has 0 aliphatic heterocycles. The molecule has 0 unspecified atom stereocenters. The lowest BCUT2D eigenvalue weighted by molar-refractivity contribution is -0.142. The highest BCUT2D eigenvalue weighted by molar-refractivity contribution is 7.18. The molecule has 0 bridgehead atoms. The Balaban J connectivity index is 1.74. The van der Waals surface area contributed by atoms with Crippen LogP contribution >= 0.6 is 11.3 Å². The van der Waals surface area contributed by atoms with E-state index in [0.29, 0.717) is 15.8 Å². The van der Waals surface area contributed by atoms with Gasteiger partial charge in [0.25, 0.3) is 5.91 Å². The van der Waals surface area contributed by atoms with Gasteiger partial charge in [0.15, 0.2) is 17.1 Å². The van der Waals surface area contributed by atoms with Crippen LogP contribution in [0.3, 0.4) is 0 Å². The predicted octanol–water partition coefficient (Wildman–Crippen LogP) is 4.63. The van der Waals surface area contributed by atoms with Crippen molar-refractivity contribution in [1.29, 1.82) is 0 Å². The van der Waals surface area contributed by atoms with Gasteiger partial charge in [-0.25, -0.2) is 14.3 Å². The molecule has 3 heterocycles. The van der Waals surface area contributed by atoms with Gasteiger partial charge in [-0.2, -0.15) is 18.3 Å². The van der Waals surface area contributed by atoms with Crippen LogP contribution in [0.5, 0.6) is 0 Å². The second-order valence-corrected chi connectivity index (χ2v) is 8.65. The Labute approximate surface area is 189 Å². The summed E-state index contributed by atoms with van der Waals surface area (Å²) in [6.07, 6.45) is -3.17.